The van der Waals surface area contributed by atoms with Crippen molar-refractivity contribution >= 4 is 0 Å². The molecule has 12 heavy (non-hydrogen) atoms. The summed E-state index contributed by atoms with van der Waals surface area (Å²) in [6.07, 6.45) is 4.88. The summed E-state index contributed by atoms with van der Waals surface area (Å²) >= 11 is 0. The molecule has 0 aromatic carbocycles. The Hall–Kier alpha value is -0.0400. The molecule has 0 saturated heterocycles. The molecule has 1 N–H and O–H groups in total. The average molecular weight is 170 g/mol. The Labute approximate surface area is 76.2 Å². The lowest BCUT2D eigenvalue weighted by Gasteiger charge is -2.37. The second-order valence-corrected chi connectivity index (χ2v) is 4.38. The first kappa shape index (κ1) is 10.0. The number of aliphatic hydroxyl groups is 1. The van der Waals surface area contributed by atoms with E-state index in [4.69, 9.17) is 0 Å². The van der Waals surface area contributed by atoms with E-state index in [0.717, 1.165) is 12.3 Å². The van der Waals surface area contributed by atoms with Crippen molar-refractivity contribution in [2.24, 2.45) is 17.8 Å². The molecule has 0 bridgehead atoms. The summed E-state index contributed by atoms with van der Waals surface area (Å²) in [4.78, 5) is 0. The monoisotopic (exact) mass is 170 g/mol. The molecule has 4 unspecified atom stereocenters. The highest BCUT2D eigenvalue weighted by Gasteiger charge is 2.32. The van der Waals surface area contributed by atoms with Gasteiger partial charge >= 0.3 is 0 Å². The highest BCUT2D eigenvalue weighted by atomic mass is 16.3. The maximum atomic E-state index is 9.85. The number of rotatable bonds is 2. The van der Waals surface area contributed by atoms with Crippen molar-refractivity contribution in [2.45, 2.75) is 52.6 Å². The smallest absolute Gasteiger partial charge is 0.0594 e. The van der Waals surface area contributed by atoms with Gasteiger partial charge in [-0.15, -0.1) is 0 Å². The normalized spacial score (nSPS) is 43.0. The Bertz CT molecular complexity index is 133. The van der Waals surface area contributed by atoms with Crippen LogP contribution in [0.15, 0.2) is 0 Å². The van der Waals surface area contributed by atoms with Crippen LogP contribution in [-0.4, -0.2) is 11.2 Å². The zero-order valence-electron chi connectivity index (χ0n) is 8.59. The Morgan fingerprint density at radius 2 is 1.83 bits per heavy atom. The molecule has 0 amide bonds. The molecule has 0 heterocycles. The van der Waals surface area contributed by atoms with Crippen LogP contribution in [-0.2, 0) is 0 Å². The summed E-state index contributed by atoms with van der Waals surface area (Å²) in [6.45, 7) is 6.65. The van der Waals surface area contributed by atoms with Gasteiger partial charge < -0.3 is 5.11 Å². The maximum absolute atomic E-state index is 9.85. The van der Waals surface area contributed by atoms with Crippen LogP contribution < -0.4 is 0 Å². The predicted molar refractivity (Wildman–Crippen MR) is 52.0 cm³/mol. The van der Waals surface area contributed by atoms with Crippen molar-refractivity contribution in [2.75, 3.05) is 0 Å². The highest BCUT2D eigenvalue weighted by Crippen LogP contribution is 2.36. The largest absolute Gasteiger partial charge is 0.393 e. The lowest BCUT2D eigenvalue weighted by Crippen LogP contribution is -2.35. The molecule has 1 nitrogen and oxygen atoms in total. The molecule has 72 valence electrons. The standard InChI is InChI=1S/C11H22O/c1-4-9-6-8(3)11(12)10(5-2)7-9/h8-12H,4-7H2,1-3H3. The van der Waals surface area contributed by atoms with Gasteiger partial charge in [-0.3, -0.25) is 0 Å². The number of hydrogen-bond acceptors (Lipinski definition) is 1. The molecule has 1 aliphatic carbocycles. The molecule has 0 radical (unpaired) electrons. The van der Waals surface area contributed by atoms with Crippen LogP contribution in [0.5, 0.6) is 0 Å². The molecule has 0 aliphatic heterocycles. The van der Waals surface area contributed by atoms with Gasteiger partial charge in [-0.2, -0.15) is 0 Å². The molecule has 0 spiro atoms. The van der Waals surface area contributed by atoms with E-state index < -0.39 is 0 Å². The molecule has 0 aromatic rings. The third-order valence-corrected chi connectivity index (χ3v) is 3.51. The van der Waals surface area contributed by atoms with Crippen molar-refractivity contribution in [1.29, 1.82) is 0 Å². The van der Waals surface area contributed by atoms with Crippen LogP contribution in [0.3, 0.4) is 0 Å². The number of hydrogen-bond donors (Lipinski definition) is 1. The van der Waals surface area contributed by atoms with E-state index in [-0.39, 0.29) is 6.10 Å². The van der Waals surface area contributed by atoms with Gasteiger partial charge in [0.1, 0.15) is 0 Å². The fraction of sp³-hybridized carbons (Fsp3) is 1.00. The first-order valence-corrected chi connectivity index (χ1v) is 5.37. The molecule has 1 saturated carbocycles. The summed E-state index contributed by atoms with van der Waals surface area (Å²) in [6, 6.07) is 0. The van der Waals surface area contributed by atoms with Crippen molar-refractivity contribution in [3.63, 3.8) is 0 Å². The molecule has 1 aliphatic rings. The summed E-state index contributed by atoms with van der Waals surface area (Å²) in [5, 5.41) is 9.85. The molecule has 1 rings (SSSR count). The van der Waals surface area contributed by atoms with Crippen molar-refractivity contribution < 1.29 is 5.11 Å². The SMILES string of the molecule is CCC1CC(C)C(O)C(CC)C1. The van der Waals surface area contributed by atoms with Gasteiger partial charge in [-0.05, 0) is 30.6 Å². The molecule has 0 aromatic heterocycles. The first-order valence-electron chi connectivity index (χ1n) is 5.37. The fourth-order valence-electron chi connectivity index (χ4n) is 2.54. The zero-order valence-corrected chi connectivity index (χ0v) is 8.59. The fourth-order valence-corrected chi connectivity index (χ4v) is 2.54. The lowest BCUT2D eigenvalue weighted by molar-refractivity contribution is 0.00138. The van der Waals surface area contributed by atoms with E-state index in [1.54, 1.807) is 0 Å². The van der Waals surface area contributed by atoms with Crippen molar-refractivity contribution in [3.8, 4) is 0 Å². The van der Waals surface area contributed by atoms with Crippen LogP contribution in [0.4, 0.5) is 0 Å². The molecular weight excluding hydrogens is 148 g/mol. The highest BCUT2D eigenvalue weighted by molar-refractivity contribution is 4.82. The van der Waals surface area contributed by atoms with E-state index in [0.29, 0.717) is 11.8 Å². The first-order chi connectivity index (χ1) is 5.69. The summed E-state index contributed by atoms with van der Waals surface area (Å²) in [7, 11) is 0. The van der Waals surface area contributed by atoms with Crippen molar-refractivity contribution in [3.05, 3.63) is 0 Å². The van der Waals surface area contributed by atoms with Crippen LogP contribution >= 0.6 is 0 Å². The van der Waals surface area contributed by atoms with E-state index in [9.17, 15) is 5.11 Å². The minimum absolute atomic E-state index is 0.0298. The number of aliphatic hydroxyl groups excluding tert-OH is 1. The summed E-state index contributed by atoms with van der Waals surface area (Å²) in [5.41, 5.74) is 0. The molecule has 1 fully saturated rings. The van der Waals surface area contributed by atoms with Crippen LogP contribution in [0.2, 0.25) is 0 Å². The van der Waals surface area contributed by atoms with Gasteiger partial charge in [0.25, 0.3) is 0 Å². The van der Waals surface area contributed by atoms with Gasteiger partial charge in [-0.25, -0.2) is 0 Å². The average Bonchev–Trinajstić information content (AvgIpc) is 2.09. The third kappa shape index (κ3) is 2.01. The van der Waals surface area contributed by atoms with Gasteiger partial charge in [0, 0.05) is 0 Å². The Kier molecular flexibility index (Phi) is 3.57. The quantitative estimate of drug-likeness (QED) is 0.675. The topological polar surface area (TPSA) is 20.2 Å². The Balaban J connectivity index is 2.52. The summed E-state index contributed by atoms with van der Waals surface area (Å²) in [5.74, 6) is 1.96. The third-order valence-electron chi connectivity index (χ3n) is 3.51. The Morgan fingerprint density at radius 1 is 1.17 bits per heavy atom. The van der Waals surface area contributed by atoms with Gasteiger partial charge in [0.2, 0.25) is 0 Å². The van der Waals surface area contributed by atoms with Gasteiger partial charge in [0.05, 0.1) is 6.10 Å². The minimum atomic E-state index is -0.0298. The summed E-state index contributed by atoms with van der Waals surface area (Å²) < 4.78 is 0. The molecule has 1 heteroatoms. The van der Waals surface area contributed by atoms with Crippen LogP contribution in [0.1, 0.15) is 46.5 Å². The van der Waals surface area contributed by atoms with Crippen LogP contribution in [0.25, 0.3) is 0 Å². The Morgan fingerprint density at radius 3 is 2.33 bits per heavy atom. The maximum Gasteiger partial charge on any atom is 0.0594 e. The van der Waals surface area contributed by atoms with E-state index in [2.05, 4.69) is 20.8 Å². The predicted octanol–water partition coefficient (Wildman–Crippen LogP) is 2.83. The molecule has 4 atom stereocenters. The van der Waals surface area contributed by atoms with E-state index in [1.807, 2.05) is 0 Å². The minimum Gasteiger partial charge on any atom is -0.393 e. The van der Waals surface area contributed by atoms with E-state index in [1.165, 1.54) is 19.3 Å². The van der Waals surface area contributed by atoms with Crippen LogP contribution in [0, 0.1) is 17.8 Å². The van der Waals surface area contributed by atoms with Crippen molar-refractivity contribution in [1.82, 2.24) is 0 Å². The zero-order chi connectivity index (χ0) is 9.14. The molecular formula is C11H22O. The lowest BCUT2D eigenvalue weighted by atomic mass is 9.72. The van der Waals surface area contributed by atoms with Gasteiger partial charge in [-0.1, -0.05) is 33.6 Å². The van der Waals surface area contributed by atoms with Gasteiger partial charge in [0.15, 0.2) is 0 Å². The second kappa shape index (κ2) is 4.27. The van der Waals surface area contributed by atoms with E-state index >= 15 is 0 Å². The second-order valence-electron chi connectivity index (χ2n) is 4.38.